The molecule has 4 rings (SSSR count). The fraction of sp³-hybridized carbons (Fsp3) is 0.105. The largest absolute Gasteiger partial charge is 0.440 e. The van der Waals surface area contributed by atoms with Crippen molar-refractivity contribution in [3.8, 4) is 17.0 Å². The maximum Gasteiger partial charge on any atom is 0.205 e. The lowest BCUT2D eigenvalue weighted by molar-refractivity contribution is 0.529. The van der Waals surface area contributed by atoms with Crippen molar-refractivity contribution in [1.29, 1.82) is 0 Å². The number of benzene rings is 2. The number of oxazole rings is 1. The summed E-state index contributed by atoms with van der Waals surface area (Å²) in [6, 6.07) is 18.1. The lowest BCUT2D eigenvalue weighted by Gasteiger charge is -2.08. The van der Waals surface area contributed by atoms with Crippen molar-refractivity contribution in [3.05, 3.63) is 78.6 Å². The second-order valence-corrected chi connectivity index (χ2v) is 6.49. The Morgan fingerprint density at radius 1 is 1.04 bits per heavy atom. The maximum absolute atomic E-state index is 5.85. The quantitative estimate of drug-likeness (QED) is 0.496. The highest BCUT2D eigenvalue weighted by Crippen LogP contribution is 2.26. The smallest absolute Gasteiger partial charge is 0.205 e. The number of para-hydroxylation sites is 1. The Kier molecular flexibility index (Phi) is 4.35. The molecular formula is C19H16N4OS. The normalized spacial score (nSPS) is 10.9. The molecule has 6 heteroatoms. The fourth-order valence-electron chi connectivity index (χ4n) is 2.56. The van der Waals surface area contributed by atoms with Gasteiger partial charge in [0, 0.05) is 5.56 Å². The molecule has 0 saturated carbocycles. The molecule has 0 aliphatic carbocycles. The van der Waals surface area contributed by atoms with Crippen LogP contribution in [0.25, 0.3) is 17.0 Å². The van der Waals surface area contributed by atoms with Crippen molar-refractivity contribution in [2.75, 3.05) is 0 Å². The number of nitrogens with zero attached hydrogens (tertiary/aromatic N) is 4. The van der Waals surface area contributed by atoms with Gasteiger partial charge in [0.05, 0.1) is 17.6 Å². The van der Waals surface area contributed by atoms with Crippen LogP contribution < -0.4 is 0 Å². The van der Waals surface area contributed by atoms with Gasteiger partial charge in [0.15, 0.2) is 10.9 Å². The van der Waals surface area contributed by atoms with E-state index < -0.39 is 0 Å². The van der Waals surface area contributed by atoms with Crippen LogP contribution in [0, 0.1) is 6.92 Å². The Morgan fingerprint density at radius 2 is 1.84 bits per heavy atom. The van der Waals surface area contributed by atoms with Gasteiger partial charge in [-0.2, -0.15) is 0 Å². The summed E-state index contributed by atoms with van der Waals surface area (Å²) in [5.74, 6) is 2.04. The van der Waals surface area contributed by atoms with Gasteiger partial charge in [-0.05, 0) is 18.6 Å². The molecule has 0 fully saturated rings. The molecule has 0 atom stereocenters. The zero-order chi connectivity index (χ0) is 17.1. The lowest BCUT2D eigenvalue weighted by atomic mass is 10.2. The first-order valence-electron chi connectivity index (χ1n) is 7.90. The molecule has 2 aromatic heterocycles. The molecule has 0 radical (unpaired) electrons. The summed E-state index contributed by atoms with van der Waals surface area (Å²) < 4.78 is 7.84. The first-order valence-corrected chi connectivity index (χ1v) is 8.89. The zero-order valence-corrected chi connectivity index (χ0v) is 14.5. The molecule has 124 valence electrons. The fourth-order valence-corrected chi connectivity index (χ4v) is 3.34. The molecule has 0 spiro atoms. The van der Waals surface area contributed by atoms with Gasteiger partial charge in [0.2, 0.25) is 5.89 Å². The molecule has 25 heavy (non-hydrogen) atoms. The molecule has 2 heterocycles. The first kappa shape index (κ1) is 15.7. The topological polar surface area (TPSA) is 56.7 Å². The summed E-state index contributed by atoms with van der Waals surface area (Å²) in [4.78, 5) is 4.37. The number of aromatic nitrogens is 4. The van der Waals surface area contributed by atoms with Crippen LogP contribution in [-0.4, -0.2) is 19.7 Å². The van der Waals surface area contributed by atoms with Gasteiger partial charge in [-0.15, -0.1) is 10.2 Å². The summed E-state index contributed by atoms with van der Waals surface area (Å²) in [5.41, 5.74) is 3.27. The minimum Gasteiger partial charge on any atom is -0.440 e. The van der Waals surface area contributed by atoms with Crippen LogP contribution in [0.1, 0.15) is 11.5 Å². The van der Waals surface area contributed by atoms with Crippen LogP contribution in [-0.2, 0) is 5.75 Å². The van der Waals surface area contributed by atoms with Crippen molar-refractivity contribution in [1.82, 2.24) is 19.7 Å². The molecule has 0 amide bonds. The van der Waals surface area contributed by atoms with E-state index in [2.05, 4.69) is 34.2 Å². The SMILES string of the molecule is Cc1ccccc1-n1cnnc1SCc1ncc(-c2ccccc2)o1. The van der Waals surface area contributed by atoms with E-state index in [-0.39, 0.29) is 0 Å². The van der Waals surface area contributed by atoms with Crippen molar-refractivity contribution in [2.45, 2.75) is 17.8 Å². The third kappa shape index (κ3) is 3.34. The van der Waals surface area contributed by atoms with Crippen LogP contribution in [0.5, 0.6) is 0 Å². The Morgan fingerprint density at radius 3 is 2.68 bits per heavy atom. The van der Waals surface area contributed by atoms with E-state index in [1.807, 2.05) is 47.0 Å². The van der Waals surface area contributed by atoms with Gasteiger partial charge < -0.3 is 4.42 Å². The van der Waals surface area contributed by atoms with Crippen molar-refractivity contribution < 1.29 is 4.42 Å². The number of hydrogen-bond donors (Lipinski definition) is 0. The molecule has 0 aliphatic heterocycles. The van der Waals surface area contributed by atoms with Gasteiger partial charge in [-0.25, -0.2) is 4.98 Å². The highest BCUT2D eigenvalue weighted by Gasteiger charge is 2.12. The number of rotatable bonds is 5. The van der Waals surface area contributed by atoms with Crippen molar-refractivity contribution >= 4 is 11.8 Å². The monoisotopic (exact) mass is 348 g/mol. The van der Waals surface area contributed by atoms with E-state index in [1.54, 1.807) is 24.3 Å². The maximum atomic E-state index is 5.85. The third-order valence-corrected chi connectivity index (χ3v) is 4.76. The van der Waals surface area contributed by atoms with Crippen LogP contribution >= 0.6 is 11.8 Å². The summed E-state index contributed by atoms with van der Waals surface area (Å²) in [6.45, 7) is 2.07. The summed E-state index contributed by atoms with van der Waals surface area (Å²) in [6.07, 6.45) is 3.49. The molecule has 0 saturated heterocycles. The third-order valence-electron chi connectivity index (χ3n) is 3.83. The van der Waals surface area contributed by atoms with E-state index in [4.69, 9.17) is 4.42 Å². The highest BCUT2D eigenvalue weighted by molar-refractivity contribution is 7.98. The molecule has 0 aliphatic rings. The zero-order valence-electron chi connectivity index (χ0n) is 13.7. The first-order chi connectivity index (χ1) is 12.3. The Labute approximate surface area is 149 Å². The van der Waals surface area contributed by atoms with Crippen LogP contribution in [0.4, 0.5) is 0 Å². The van der Waals surface area contributed by atoms with Gasteiger partial charge in [-0.3, -0.25) is 4.57 Å². The minimum absolute atomic E-state index is 0.595. The molecule has 2 aromatic carbocycles. The molecule has 4 aromatic rings. The van der Waals surface area contributed by atoms with Crippen LogP contribution in [0.15, 0.2) is 76.7 Å². The highest BCUT2D eigenvalue weighted by atomic mass is 32.2. The average molecular weight is 348 g/mol. The van der Waals surface area contributed by atoms with E-state index in [1.165, 1.54) is 5.56 Å². The second kappa shape index (κ2) is 6.94. The second-order valence-electron chi connectivity index (χ2n) is 5.54. The van der Waals surface area contributed by atoms with Gasteiger partial charge in [0.1, 0.15) is 6.33 Å². The van der Waals surface area contributed by atoms with Crippen LogP contribution in [0.3, 0.4) is 0 Å². The van der Waals surface area contributed by atoms with Gasteiger partial charge in [0.25, 0.3) is 0 Å². The molecule has 0 bridgehead atoms. The predicted octanol–water partition coefficient (Wildman–Crippen LogP) is 4.52. The van der Waals surface area contributed by atoms with Gasteiger partial charge in [-0.1, -0.05) is 60.3 Å². The molecule has 0 unspecified atom stereocenters. The number of thioether (sulfide) groups is 1. The van der Waals surface area contributed by atoms with Crippen LogP contribution in [0.2, 0.25) is 0 Å². The minimum atomic E-state index is 0.595. The molecule has 5 nitrogen and oxygen atoms in total. The van der Waals surface area contributed by atoms with Gasteiger partial charge >= 0.3 is 0 Å². The average Bonchev–Trinajstić information content (AvgIpc) is 3.30. The van der Waals surface area contributed by atoms with E-state index in [0.717, 1.165) is 22.2 Å². The standard InChI is InChI=1S/C19H16N4OS/c1-14-7-5-6-10-16(14)23-13-21-22-19(23)25-12-18-20-11-17(24-18)15-8-3-2-4-9-15/h2-11,13H,12H2,1H3. The summed E-state index contributed by atoms with van der Waals surface area (Å²) in [5, 5.41) is 9.08. The Balaban J connectivity index is 1.51. The molecule has 0 N–H and O–H groups in total. The van der Waals surface area contributed by atoms with E-state index >= 15 is 0 Å². The van der Waals surface area contributed by atoms with E-state index in [9.17, 15) is 0 Å². The molecular weight excluding hydrogens is 332 g/mol. The van der Waals surface area contributed by atoms with Crippen molar-refractivity contribution in [2.24, 2.45) is 0 Å². The summed E-state index contributed by atoms with van der Waals surface area (Å²) >= 11 is 1.55. The van der Waals surface area contributed by atoms with Crippen molar-refractivity contribution in [3.63, 3.8) is 0 Å². The Bertz CT molecular complexity index is 978. The predicted molar refractivity (Wildman–Crippen MR) is 97.6 cm³/mol. The van der Waals surface area contributed by atoms with E-state index in [0.29, 0.717) is 11.6 Å². The Hall–Kier alpha value is -2.86. The number of hydrogen-bond acceptors (Lipinski definition) is 5. The summed E-state index contributed by atoms with van der Waals surface area (Å²) in [7, 11) is 0. The lowest BCUT2D eigenvalue weighted by Crippen LogP contribution is -1.97. The number of aryl methyl sites for hydroxylation is 1.